The predicted molar refractivity (Wildman–Crippen MR) is 118 cm³/mol. The highest BCUT2D eigenvalue weighted by molar-refractivity contribution is 7.98. The molecule has 2 rings (SSSR count). The number of hydrogen-bond donors (Lipinski definition) is 2. The summed E-state index contributed by atoms with van der Waals surface area (Å²) in [6, 6.07) is 6.96. The molecule has 2 N–H and O–H groups in total. The number of nitrogens with zero attached hydrogens (tertiary/aromatic N) is 1. The third kappa shape index (κ3) is 7.84. The first-order valence-corrected chi connectivity index (χ1v) is 11.8. The van der Waals surface area contributed by atoms with Gasteiger partial charge in [-0.15, -0.1) is 0 Å². The molecule has 0 aliphatic carbocycles. The molecule has 2 amide bonds. The Bertz CT molecular complexity index is 638. The van der Waals surface area contributed by atoms with Crippen molar-refractivity contribution in [3.05, 3.63) is 35.4 Å². The smallest absolute Gasteiger partial charge is 0.251 e. The number of hydrogen-bond acceptors (Lipinski definition) is 4. The Kier molecular flexibility index (Phi) is 9.85. The van der Waals surface area contributed by atoms with Gasteiger partial charge in [0.25, 0.3) is 5.91 Å². The highest BCUT2D eigenvalue weighted by Gasteiger charge is 2.21. The zero-order chi connectivity index (χ0) is 20.4. The van der Waals surface area contributed by atoms with Crippen molar-refractivity contribution in [3.8, 4) is 0 Å². The molecule has 2 unspecified atom stereocenters. The van der Waals surface area contributed by atoms with Crippen LogP contribution in [-0.2, 0) is 4.79 Å². The number of rotatable bonds is 10. The molecule has 1 aromatic rings. The zero-order valence-electron chi connectivity index (χ0n) is 17.5. The van der Waals surface area contributed by atoms with Crippen LogP contribution in [0.1, 0.15) is 48.5 Å². The normalized spacial score (nSPS) is 18.5. The van der Waals surface area contributed by atoms with E-state index in [2.05, 4.69) is 22.5 Å². The number of nitrogens with one attached hydrogen (secondary N) is 2. The molecule has 5 nitrogen and oxygen atoms in total. The van der Waals surface area contributed by atoms with Crippen LogP contribution in [-0.4, -0.2) is 60.9 Å². The van der Waals surface area contributed by atoms with Crippen LogP contribution in [0.4, 0.5) is 0 Å². The molecule has 156 valence electrons. The maximum atomic E-state index is 12.6. The number of aryl methyl sites for hydroxylation is 1. The van der Waals surface area contributed by atoms with Crippen molar-refractivity contribution in [2.24, 2.45) is 5.92 Å². The minimum atomic E-state index is -0.490. The standard InChI is InChI=1S/C22H35N3O2S/c1-17-7-4-9-19(15-17)21(26)24-20(10-14-28-3)22(27)23-11-6-13-25-12-5-8-18(2)16-25/h4,7,9,15,18,20H,5-6,8,10-14,16H2,1-3H3,(H,23,27)(H,24,26). The fraction of sp³-hybridized carbons (Fsp3) is 0.636. The van der Waals surface area contributed by atoms with Gasteiger partial charge >= 0.3 is 0 Å². The van der Waals surface area contributed by atoms with Crippen LogP contribution in [0, 0.1) is 12.8 Å². The monoisotopic (exact) mass is 405 g/mol. The number of likely N-dealkylation sites (tertiary alicyclic amines) is 1. The number of benzene rings is 1. The largest absolute Gasteiger partial charge is 0.354 e. The first kappa shape index (κ1) is 22.8. The molecule has 1 heterocycles. The maximum Gasteiger partial charge on any atom is 0.251 e. The molecular formula is C22H35N3O2S. The van der Waals surface area contributed by atoms with Gasteiger partial charge in [-0.25, -0.2) is 0 Å². The van der Waals surface area contributed by atoms with Gasteiger partial charge in [0, 0.05) is 18.7 Å². The third-order valence-electron chi connectivity index (χ3n) is 5.20. The lowest BCUT2D eigenvalue weighted by Gasteiger charge is -2.30. The zero-order valence-corrected chi connectivity index (χ0v) is 18.3. The molecular weight excluding hydrogens is 370 g/mol. The van der Waals surface area contributed by atoms with E-state index in [9.17, 15) is 9.59 Å². The summed E-state index contributed by atoms with van der Waals surface area (Å²) in [5.74, 6) is 1.34. The van der Waals surface area contributed by atoms with Gasteiger partial charge in [-0.3, -0.25) is 9.59 Å². The molecule has 0 aromatic heterocycles. The minimum absolute atomic E-state index is 0.0814. The van der Waals surface area contributed by atoms with Crippen molar-refractivity contribution in [2.45, 2.75) is 45.6 Å². The van der Waals surface area contributed by atoms with E-state index in [4.69, 9.17) is 0 Å². The van der Waals surface area contributed by atoms with Crippen LogP contribution in [0.15, 0.2) is 24.3 Å². The van der Waals surface area contributed by atoms with Crippen molar-refractivity contribution in [2.75, 3.05) is 38.2 Å². The summed E-state index contributed by atoms with van der Waals surface area (Å²) in [6.07, 6.45) is 6.19. The quantitative estimate of drug-likeness (QED) is 0.587. The van der Waals surface area contributed by atoms with E-state index in [-0.39, 0.29) is 11.8 Å². The van der Waals surface area contributed by atoms with Gasteiger partial charge < -0.3 is 15.5 Å². The van der Waals surface area contributed by atoms with Crippen LogP contribution in [0.2, 0.25) is 0 Å². The maximum absolute atomic E-state index is 12.6. The Balaban J connectivity index is 1.80. The number of amides is 2. The Labute approximate surface area is 174 Å². The fourth-order valence-corrected chi connectivity index (χ4v) is 4.13. The molecule has 6 heteroatoms. The Hall–Kier alpha value is -1.53. The average Bonchev–Trinajstić information content (AvgIpc) is 2.68. The third-order valence-corrected chi connectivity index (χ3v) is 5.85. The van der Waals surface area contributed by atoms with Gasteiger partial charge in [0.05, 0.1) is 0 Å². The molecule has 1 aliphatic rings. The summed E-state index contributed by atoms with van der Waals surface area (Å²) in [6.45, 7) is 8.27. The number of thioether (sulfide) groups is 1. The summed E-state index contributed by atoms with van der Waals surface area (Å²) in [5.41, 5.74) is 1.63. The van der Waals surface area contributed by atoms with Gasteiger partial charge in [-0.1, -0.05) is 24.6 Å². The second-order valence-corrected chi connectivity index (χ2v) is 8.86. The van der Waals surface area contributed by atoms with Crippen LogP contribution in [0.25, 0.3) is 0 Å². The molecule has 28 heavy (non-hydrogen) atoms. The van der Waals surface area contributed by atoms with E-state index < -0.39 is 6.04 Å². The Morgan fingerprint density at radius 2 is 2.18 bits per heavy atom. The van der Waals surface area contributed by atoms with E-state index in [1.807, 2.05) is 31.4 Å². The van der Waals surface area contributed by atoms with Gasteiger partial charge in [0.1, 0.15) is 6.04 Å². The summed E-state index contributed by atoms with van der Waals surface area (Å²) >= 11 is 1.68. The average molecular weight is 406 g/mol. The van der Waals surface area contributed by atoms with Crippen molar-refractivity contribution < 1.29 is 9.59 Å². The van der Waals surface area contributed by atoms with Crippen molar-refractivity contribution in [1.82, 2.24) is 15.5 Å². The first-order valence-electron chi connectivity index (χ1n) is 10.4. The summed E-state index contributed by atoms with van der Waals surface area (Å²) in [7, 11) is 0. The van der Waals surface area contributed by atoms with Gasteiger partial charge in [-0.05, 0) is 75.8 Å². The minimum Gasteiger partial charge on any atom is -0.354 e. The Morgan fingerprint density at radius 1 is 1.36 bits per heavy atom. The molecule has 0 radical (unpaired) electrons. The SMILES string of the molecule is CSCCC(NC(=O)c1cccc(C)c1)C(=O)NCCCN1CCCC(C)C1. The van der Waals surface area contributed by atoms with Crippen LogP contribution < -0.4 is 10.6 Å². The molecule has 1 aliphatic heterocycles. The van der Waals surface area contributed by atoms with Gasteiger partial charge in [0.15, 0.2) is 0 Å². The summed E-state index contributed by atoms with van der Waals surface area (Å²) < 4.78 is 0. The lowest BCUT2D eigenvalue weighted by atomic mass is 10.0. The lowest BCUT2D eigenvalue weighted by Crippen LogP contribution is -2.47. The molecule has 1 fully saturated rings. The highest BCUT2D eigenvalue weighted by atomic mass is 32.2. The van der Waals surface area contributed by atoms with E-state index in [1.54, 1.807) is 17.8 Å². The van der Waals surface area contributed by atoms with E-state index in [0.29, 0.717) is 18.5 Å². The molecule has 0 spiro atoms. The van der Waals surface area contributed by atoms with Crippen molar-refractivity contribution in [1.29, 1.82) is 0 Å². The van der Waals surface area contributed by atoms with Crippen molar-refractivity contribution in [3.63, 3.8) is 0 Å². The first-order chi connectivity index (χ1) is 13.5. The summed E-state index contributed by atoms with van der Waals surface area (Å²) in [5, 5.41) is 5.94. The van der Waals surface area contributed by atoms with Crippen LogP contribution in [0.3, 0.4) is 0 Å². The lowest BCUT2D eigenvalue weighted by molar-refractivity contribution is -0.123. The second-order valence-electron chi connectivity index (χ2n) is 7.87. The topological polar surface area (TPSA) is 61.4 Å². The van der Waals surface area contributed by atoms with Crippen LogP contribution in [0.5, 0.6) is 0 Å². The van der Waals surface area contributed by atoms with Gasteiger partial charge in [-0.2, -0.15) is 11.8 Å². The number of carbonyl (C=O) groups excluding carboxylic acids is 2. The van der Waals surface area contributed by atoms with Crippen LogP contribution >= 0.6 is 11.8 Å². The van der Waals surface area contributed by atoms with Crippen molar-refractivity contribution >= 4 is 23.6 Å². The summed E-state index contributed by atoms with van der Waals surface area (Å²) in [4.78, 5) is 27.7. The number of piperidine rings is 1. The van der Waals surface area contributed by atoms with E-state index in [1.165, 1.54) is 19.4 Å². The van der Waals surface area contributed by atoms with E-state index >= 15 is 0 Å². The van der Waals surface area contributed by atoms with E-state index in [0.717, 1.165) is 36.7 Å². The molecule has 1 aromatic carbocycles. The molecule has 1 saturated heterocycles. The number of carbonyl (C=O) groups is 2. The molecule has 2 atom stereocenters. The van der Waals surface area contributed by atoms with Gasteiger partial charge in [0.2, 0.25) is 5.91 Å². The Morgan fingerprint density at radius 3 is 2.89 bits per heavy atom. The molecule has 0 saturated carbocycles. The fourth-order valence-electron chi connectivity index (χ4n) is 3.66. The second kappa shape index (κ2) is 12.1. The highest BCUT2D eigenvalue weighted by Crippen LogP contribution is 2.15. The predicted octanol–water partition coefficient (Wildman–Crippen LogP) is 3.08. The molecule has 0 bridgehead atoms.